The van der Waals surface area contributed by atoms with Gasteiger partial charge in [0.05, 0.1) is 6.54 Å². The van der Waals surface area contributed by atoms with E-state index >= 15 is 0 Å². The molecule has 102 valence electrons. The Kier molecular flexibility index (Phi) is 5.20. The van der Waals surface area contributed by atoms with Crippen molar-refractivity contribution in [1.29, 1.82) is 0 Å². The molecule has 0 bridgehead atoms. The molecule has 4 nitrogen and oxygen atoms in total. The molecule has 4 heteroatoms. The van der Waals surface area contributed by atoms with Gasteiger partial charge in [0.15, 0.2) is 0 Å². The van der Waals surface area contributed by atoms with Gasteiger partial charge in [0.1, 0.15) is 0 Å². The van der Waals surface area contributed by atoms with Crippen molar-refractivity contribution in [2.75, 3.05) is 26.2 Å². The summed E-state index contributed by atoms with van der Waals surface area (Å²) < 4.78 is 2.02. The molecule has 0 aliphatic carbocycles. The van der Waals surface area contributed by atoms with Crippen LogP contribution in [0, 0.1) is 5.92 Å². The molecule has 0 saturated carbocycles. The fourth-order valence-corrected chi connectivity index (χ4v) is 2.60. The Bertz CT molecular complexity index is 321. The van der Waals surface area contributed by atoms with Crippen LogP contribution in [-0.4, -0.2) is 46.9 Å². The van der Waals surface area contributed by atoms with E-state index in [9.17, 15) is 0 Å². The summed E-state index contributed by atoms with van der Waals surface area (Å²) in [5.74, 6) is 0.818. The molecule has 0 radical (unpaired) electrons. The summed E-state index contributed by atoms with van der Waals surface area (Å²) in [4.78, 5) is 2.58. The zero-order valence-corrected chi connectivity index (χ0v) is 11.7. The quantitative estimate of drug-likeness (QED) is 0.832. The van der Waals surface area contributed by atoms with Gasteiger partial charge in [-0.3, -0.25) is 4.68 Å². The minimum absolute atomic E-state index is 0.601. The molecular formula is C14H26N4. The molecule has 1 atom stereocenters. The maximum Gasteiger partial charge on any atom is 0.0536 e. The van der Waals surface area contributed by atoms with E-state index in [1.54, 1.807) is 0 Å². The lowest BCUT2D eigenvalue weighted by Crippen LogP contribution is -2.42. The fraction of sp³-hybridized carbons (Fsp3) is 0.786. The molecule has 1 unspecified atom stereocenters. The Morgan fingerprint density at radius 2 is 2.28 bits per heavy atom. The van der Waals surface area contributed by atoms with Crippen molar-refractivity contribution in [1.82, 2.24) is 20.0 Å². The Morgan fingerprint density at radius 3 is 3.00 bits per heavy atom. The van der Waals surface area contributed by atoms with Crippen molar-refractivity contribution in [2.45, 2.75) is 39.3 Å². The zero-order chi connectivity index (χ0) is 12.8. The second-order valence-electron chi connectivity index (χ2n) is 5.64. The van der Waals surface area contributed by atoms with Gasteiger partial charge in [0.2, 0.25) is 0 Å². The first-order chi connectivity index (χ1) is 8.74. The largest absolute Gasteiger partial charge is 0.314 e. The van der Waals surface area contributed by atoms with Crippen molar-refractivity contribution in [3.05, 3.63) is 18.5 Å². The summed E-state index contributed by atoms with van der Waals surface area (Å²) >= 11 is 0. The van der Waals surface area contributed by atoms with Gasteiger partial charge in [-0.05, 0) is 37.9 Å². The van der Waals surface area contributed by atoms with E-state index in [1.807, 2.05) is 23.1 Å². The standard InChI is InChI=1S/C14H26N4/c1-13(2)15-11-14-5-3-7-17(12-14)9-10-18-8-4-6-16-18/h4,6,8,13-15H,3,5,7,9-12H2,1-2H3. The van der Waals surface area contributed by atoms with E-state index in [2.05, 4.69) is 29.2 Å². The monoisotopic (exact) mass is 250 g/mol. The van der Waals surface area contributed by atoms with Gasteiger partial charge in [-0.15, -0.1) is 0 Å². The van der Waals surface area contributed by atoms with Crippen LogP contribution in [0.5, 0.6) is 0 Å². The van der Waals surface area contributed by atoms with E-state index in [-0.39, 0.29) is 0 Å². The summed E-state index contributed by atoms with van der Waals surface area (Å²) in [5.41, 5.74) is 0. The number of hydrogen-bond acceptors (Lipinski definition) is 3. The third kappa shape index (κ3) is 4.42. The molecule has 0 amide bonds. The van der Waals surface area contributed by atoms with Gasteiger partial charge in [-0.2, -0.15) is 5.10 Å². The summed E-state index contributed by atoms with van der Waals surface area (Å²) in [5, 5.41) is 7.82. The van der Waals surface area contributed by atoms with Crippen LogP contribution in [-0.2, 0) is 6.54 Å². The Morgan fingerprint density at radius 1 is 1.39 bits per heavy atom. The highest BCUT2D eigenvalue weighted by Gasteiger charge is 2.19. The second-order valence-corrected chi connectivity index (χ2v) is 5.64. The van der Waals surface area contributed by atoms with E-state index in [4.69, 9.17) is 0 Å². The minimum Gasteiger partial charge on any atom is -0.314 e. The van der Waals surface area contributed by atoms with Crippen molar-refractivity contribution in [2.24, 2.45) is 5.92 Å². The van der Waals surface area contributed by atoms with Crippen molar-refractivity contribution in [3.63, 3.8) is 0 Å². The van der Waals surface area contributed by atoms with Crippen LogP contribution in [0.1, 0.15) is 26.7 Å². The van der Waals surface area contributed by atoms with Gasteiger partial charge in [0, 0.05) is 31.5 Å². The van der Waals surface area contributed by atoms with Gasteiger partial charge < -0.3 is 10.2 Å². The first-order valence-electron chi connectivity index (χ1n) is 7.17. The van der Waals surface area contributed by atoms with E-state index in [0.29, 0.717) is 6.04 Å². The highest BCUT2D eigenvalue weighted by molar-refractivity contribution is 4.79. The van der Waals surface area contributed by atoms with E-state index in [0.717, 1.165) is 25.6 Å². The number of rotatable bonds is 6. The van der Waals surface area contributed by atoms with Crippen molar-refractivity contribution >= 4 is 0 Å². The molecule has 1 aromatic heterocycles. The maximum absolute atomic E-state index is 4.26. The average molecular weight is 250 g/mol. The van der Waals surface area contributed by atoms with Crippen LogP contribution in [0.2, 0.25) is 0 Å². The zero-order valence-electron chi connectivity index (χ0n) is 11.7. The topological polar surface area (TPSA) is 33.1 Å². The number of aromatic nitrogens is 2. The SMILES string of the molecule is CC(C)NCC1CCCN(CCn2cccn2)C1. The molecule has 2 rings (SSSR count). The lowest BCUT2D eigenvalue weighted by Gasteiger charge is -2.33. The minimum atomic E-state index is 0.601. The van der Waals surface area contributed by atoms with Crippen LogP contribution in [0.3, 0.4) is 0 Å². The first-order valence-corrected chi connectivity index (χ1v) is 7.17. The number of likely N-dealkylation sites (tertiary alicyclic amines) is 1. The van der Waals surface area contributed by atoms with Gasteiger partial charge >= 0.3 is 0 Å². The van der Waals surface area contributed by atoms with Gasteiger partial charge in [0.25, 0.3) is 0 Å². The molecule has 0 aromatic carbocycles. The molecular weight excluding hydrogens is 224 g/mol. The number of nitrogens with zero attached hydrogens (tertiary/aromatic N) is 3. The maximum atomic E-state index is 4.26. The highest BCUT2D eigenvalue weighted by atomic mass is 15.3. The molecule has 1 saturated heterocycles. The Hall–Kier alpha value is -0.870. The molecule has 1 aliphatic heterocycles. The summed E-state index contributed by atoms with van der Waals surface area (Å²) in [6, 6.07) is 2.59. The third-order valence-corrected chi connectivity index (χ3v) is 3.62. The van der Waals surface area contributed by atoms with Crippen LogP contribution in [0.15, 0.2) is 18.5 Å². The van der Waals surface area contributed by atoms with Crippen LogP contribution >= 0.6 is 0 Å². The molecule has 1 aromatic rings. The lowest BCUT2D eigenvalue weighted by atomic mass is 9.98. The van der Waals surface area contributed by atoms with Crippen LogP contribution in [0.25, 0.3) is 0 Å². The van der Waals surface area contributed by atoms with E-state index in [1.165, 1.54) is 25.9 Å². The predicted octanol–water partition coefficient (Wildman–Crippen LogP) is 1.59. The van der Waals surface area contributed by atoms with Gasteiger partial charge in [-0.1, -0.05) is 13.8 Å². The molecule has 1 fully saturated rings. The summed E-state index contributed by atoms with van der Waals surface area (Å²) in [6.07, 6.45) is 6.61. The first kappa shape index (κ1) is 13.6. The molecule has 2 heterocycles. The molecule has 0 spiro atoms. The number of hydrogen-bond donors (Lipinski definition) is 1. The normalized spacial score (nSPS) is 21.6. The highest BCUT2D eigenvalue weighted by Crippen LogP contribution is 2.15. The van der Waals surface area contributed by atoms with Crippen molar-refractivity contribution in [3.8, 4) is 0 Å². The molecule has 18 heavy (non-hydrogen) atoms. The fourth-order valence-electron chi connectivity index (χ4n) is 2.60. The predicted molar refractivity (Wildman–Crippen MR) is 74.5 cm³/mol. The summed E-state index contributed by atoms with van der Waals surface area (Å²) in [6.45, 7) is 10.2. The van der Waals surface area contributed by atoms with Crippen molar-refractivity contribution < 1.29 is 0 Å². The summed E-state index contributed by atoms with van der Waals surface area (Å²) in [7, 11) is 0. The smallest absolute Gasteiger partial charge is 0.0536 e. The van der Waals surface area contributed by atoms with E-state index < -0.39 is 0 Å². The lowest BCUT2D eigenvalue weighted by molar-refractivity contribution is 0.164. The second kappa shape index (κ2) is 6.90. The Balaban J connectivity index is 1.69. The number of piperidine rings is 1. The molecule has 1 aliphatic rings. The number of nitrogens with one attached hydrogen (secondary N) is 1. The van der Waals surface area contributed by atoms with Crippen LogP contribution < -0.4 is 5.32 Å². The molecule has 1 N–H and O–H groups in total. The average Bonchev–Trinajstić information content (AvgIpc) is 2.87. The van der Waals surface area contributed by atoms with Crippen LogP contribution in [0.4, 0.5) is 0 Å². The Labute approximate surface area is 110 Å². The van der Waals surface area contributed by atoms with Gasteiger partial charge in [-0.25, -0.2) is 0 Å². The third-order valence-electron chi connectivity index (χ3n) is 3.62.